The van der Waals surface area contributed by atoms with Gasteiger partial charge in [-0.05, 0) is 30.9 Å². The third-order valence-electron chi connectivity index (χ3n) is 2.86. The van der Waals surface area contributed by atoms with Gasteiger partial charge in [-0.3, -0.25) is 5.32 Å². The molecule has 0 bridgehead atoms. The van der Waals surface area contributed by atoms with Crippen molar-refractivity contribution >= 4 is 23.0 Å². The second kappa shape index (κ2) is 5.05. The first-order valence-corrected chi connectivity index (χ1v) is 6.50. The van der Waals surface area contributed by atoms with Crippen LogP contribution in [0.15, 0.2) is 34.7 Å². The lowest BCUT2D eigenvalue weighted by Gasteiger charge is -2.26. The van der Waals surface area contributed by atoms with E-state index in [9.17, 15) is 9.18 Å². The van der Waals surface area contributed by atoms with Gasteiger partial charge in [0, 0.05) is 5.56 Å². The van der Waals surface area contributed by atoms with Crippen molar-refractivity contribution in [3.63, 3.8) is 0 Å². The van der Waals surface area contributed by atoms with Crippen molar-refractivity contribution in [2.75, 3.05) is 0 Å². The molecule has 4 nitrogen and oxygen atoms in total. The molecular formula is C13H13FN2O2S. The predicted octanol–water partition coefficient (Wildman–Crippen LogP) is 3.23. The van der Waals surface area contributed by atoms with E-state index in [0.717, 1.165) is 11.8 Å². The molecule has 1 heterocycles. The molecule has 1 atom stereocenters. The Kier molecular flexibility index (Phi) is 3.61. The summed E-state index contributed by atoms with van der Waals surface area (Å²) < 4.78 is 14.2. The summed E-state index contributed by atoms with van der Waals surface area (Å²) in [5, 5.41) is 12.8. The molecule has 0 fully saturated rings. The van der Waals surface area contributed by atoms with Crippen molar-refractivity contribution < 1.29 is 14.3 Å². The van der Waals surface area contributed by atoms with Gasteiger partial charge in [-0.15, -0.1) is 0 Å². The van der Waals surface area contributed by atoms with E-state index >= 15 is 0 Å². The number of hydrogen-bond acceptors (Lipinski definition) is 3. The zero-order valence-electron chi connectivity index (χ0n) is 10.5. The number of benzene rings is 1. The third-order valence-corrected chi connectivity index (χ3v) is 3.55. The fourth-order valence-corrected chi connectivity index (χ4v) is 2.69. The van der Waals surface area contributed by atoms with Gasteiger partial charge in [0.15, 0.2) is 5.17 Å². The number of nitrogens with one attached hydrogen (secondary N) is 1. The minimum Gasteiger partial charge on any atom is -0.465 e. The molecule has 2 N–H and O–H groups in total. The first-order valence-electron chi connectivity index (χ1n) is 5.62. The number of carboxylic acid groups (broad SMARTS) is 1. The minimum absolute atomic E-state index is 0.235. The van der Waals surface area contributed by atoms with E-state index in [2.05, 4.69) is 10.3 Å². The molecule has 1 amide bonds. The molecular weight excluding hydrogens is 267 g/mol. The highest BCUT2D eigenvalue weighted by Gasteiger charge is 2.30. The molecule has 19 heavy (non-hydrogen) atoms. The average molecular weight is 280 g/mol. The Hall–Kier alpha value is -1.82. The van der Waals surface area contributed by atoms with Crippen molar-refractivity contribution in [3.05, 3.63) is 46.6 Å². The Morgan fingerprint density at radius 3 is 2.95 bits per heavy atom. The lowest BCUT2D eigenvalue weighted by atomic mass is 9.91. The molecule has 0 aliphatic carbocycles. The Labute approximate surface area is 114 Å². The Balaban J connectivity index is 2.44. The van der Waals surface area contributed by atoms with Crippen molar-refractivity contribution in [2.45, 2.75) is 19.4 Å². The number of carbonyl (C=O) groups is 1. The number of hydrogen-bond donors (Lipinski definition) is 2. The largest absolute Gasteiger partial charge is 0.465 e. The quantitative estimate of drug-likeness (QED) is 0.830. The lowest BCUT2D eigenvalue weighted by molar-refractivity contribution is 0.200. The van der Waals surface area contributed by atoms with Crippen molar-refractivity contribution in [3.8, 4) is 0 Å². The maximum atomic E-state index is 14.2. The molecule has 100 valence electrons. The molecule has 0 radical (unpaired) electrons. The summed E-state index contributed by atoms with van der Waals surface area (Å²) in [6.45, 7) is 3.42. The van der Waals surface area contributed by atoms with Gasteiger partial charge in [-0.2, -0.15) is 0 Å². The number of halogens is 1. The summed E-state index contributed by atoms with van der Waals surface area (Å²) in [6, 6.07) is 5.10. The van der Waals surface area contributed by atoms with E-state index < -0.39 is 11.6 Å². The van der Waals surface area contributed by atoms with Crippen LogP contribution in [0.4, 0.5) is 9.18 Å². The standard InChI is InChI=1S/C13H13FN2O2S/c1-8-4-3-5-9(10(8)14)13(2)6-7-19-11(16-13)15-12(17)18/h3-7H,1-2H3,(H,15,16)(H,17,18). The molecule has 0 spiro atoms. The van der Waals surface area contributed by atoms with E-state index in [1.807, 2.05) is 0 Å². The van der Waals surface area contributed by atoms with Gasteiger partial charge in [0.05, 0.1) is 0 Å². The molecule has 1 aliphatic heterocycles. The van der Waals surface area contributed by atoms with E-state index in [1.165, 1.54) is 0 Å². The zero-order valence-corrected chi connectivity index (χ0v) is 11.3. The Bertz CT molecular complexity index is 586. The highest BCUT2D eigenvalue weighted by Crippen LogP contribution is 2.34. The predicted molar refractivity (Wildman–Crippen MR) is 73.8 cm³/mol. The normalized spacial score (nSPS) is 21.9. The molecule has 1 aliphatic rings. The molecule has 0 saturated heterocycles. The van der Waals surface area contributed by atoms with E-state index in [1.54, 1.807) is 43.5 Å². The number of amides is 1. The molecule has 6 heteroatoms. The topological polar surface area (TPSA) is 61.7 Å². The van der Waals surface area contributed by atoms with Gasteiger partial charge in [0.25, 0.3) is 0 Å². The number of aliphatic imine (C=N–C) groups is 1. The highest BCUT2D eigenvalue weighted by atomic mass is 32.2. The van der Waals surface area contributed by atoms with Crippen LogP contribution in [0.3, 0.4) is 0 Å². The summed E-state index contributed by atoms with van der Waals surface area (Å²) in [4.78, 5) is 14.9. The van der Waals surface area contributed by atoms with Gasteiger partial charge in [0.2, 0.25) is 0 Å². The summed E-state index contributed by atoms with van der Waals surface area (Å²) in [7, 11) is 0. The van der Waals surface area contributed by atoms with Crippen molar-refractivity contribution in [1.82, 2.24) is 5.32 Å². The summed E-state index contributed by atoms with van der Waals surface area (Å²) in [6.07, 6.45) is 0.566. The van der Waals surface area contributed by atoms with Crippen molar-refractivity contribution in [1.29, 1.82) is 0 Å². The summed E-state index contributed by atoms with van der Waals surface area (Å²) in [5.41, 5.74) is 0.0566. The highest BCUT2D eigenvalue weighted by molar-refractivity contribution is 8.16. The maximum Gasteiger partial charge on any atom is 0.410 e. The third kappa shape index (κ3) is 2.78. The van der Waals surface area contributed by atoms with Gasteiger partial charge in [0.1, 0.15) is 11.4 Å². The van der Waals surface area contributed by atoms with Crippen LogP contribution in [0.1, 0.15) is 18.1 Å². The SMILES string of the molecule is Cc1cccc(C2(C)C=CSC(NC(=O)O)=N2)c1F. The number of amidine groups is 1. The van der Waals surface area contributed by atoms with E-state index in [0.29, 0.717) is 11.1 Å². The fraction of sp³-hybridized carbons (Fsp3) is 0.231. The van der Waals surface area contributed by atoms with E-state index in [-0.39, 0.29) is 11.0 Å². The molecule has 2 rings (SSSR count). The van der Waals surface area contributed by atoms with Gasteiger partial charge in [-0.1, -0.05) is 30.0 Å². The fourth-order valence-electron chi connectivity index (χ4n) is 1.84. The van der Waals surface area contributed by atoms with Crippen molar-refractivity contribution in [2.24, 2.45) is 4.99 Å². The van der Waals surface area contributed by atoms with Gasteiger partial charge < -0.3 is 5.11 Å². The smallest absolute Gasteiger partial charge is 0.410 e. The van der Waals surface area contributed by atoms with Crippen LogP contribution in [0.2, 0.25) is 0 Å². The molecule has 1 unspecified atom stereocenters. The number of aryl methyl sites for hydroxylation is 1. The molecule has 0 aromatic heterocycles. The van der Waals surface area contributed by atoms with Crippen LogP contribution in [-0.4, -0.2) is 16.4 Å². The van der Waals surface area contributed by atoms with Crippen LogP contribution in [0.25, 0.3) is 0 Å². The first kappa shape index (κ1) is 13.6. The molecule has 0 saturated carbocycles. The average Bonchev–Trinajstić information content (AvgIpc) is 2.31. The number of thioether (sulfide) groups is 1. The van der Waals surface area contributed by atoms with Crippen LogP contribution >= 0.6 is 11.8 Å². The van der Waals surface area contributed by atoms with Crippen LogP contribution in [0, 0.1) is 12.7 Å². The van der Waals surface area contributed by atoms with Crippen LogP contribution in [0.5, 0.6) is 0 Å². The second-order valence-corrected chi connectivity index (χ2v) is 5.25. The molecule has 1 aromatic rings. The Morgan fingerprint density at radius 2 is 2.26 bits per heavy atom. The van der Waals surface area contributed by atoms with Gasteiger partial charge in [-0.25, -0.2) is 14.2 Å². The minimum atomic E-state index is -1.19. The summed E-state index contributed by atoms with van der Waals surface area (Å²) >= 11 is 1.15. The Morgan fingerprint density at radius 1 is 1.53 bits per heavy atom. The maximum absolute atomic E-state index is 14.2. The number of nitrogens with zero attached hydrogens (tertiary/aromatic N) is 1. The number of rotatable bonds is 1. The van der Waals surface area contributed by atoms with Crippen LogP contribution < -0.4 is 5.32 Å². The molecule has 1 aromatic carbocycles. The zero-order chi connectivity index (χ0) is 14.0. The summed E-state index contributed by atoms with van der Waals surface area (Å²) in [5.74, 6) is -0.319. The van der Waals surface area contributed by atoms with Gasteiger partial charge >= 0.3 is 6.09 Å². The monoisotopic (exact) mass is 280 g/mol. The van der Waals surface area contributed by atoms with E-state index in [4.69, 9.17) is 5.11 Å². The second-order valence-electron chi connectivity index (χ2n) is 4.35. The first-order chi connectivity index (χ1) is 8.92. The lowest BCUT2D eigenvalue weighted by Crippen LogP contribution is -2.31. The van der Waals surface area contributed by atoms with Crippen LogP contribution in [-0.2, 0) is 5.54 Å².